The number of ether oxygens (including phenoxy) is 3. The van der Waals surface area contributed by atoms with E-state index < -0.39 is 38.1 Å². The summed E-state index contributed by atoms with van der Waals surface area (Å²) < 4.78 is 15.4. The van der Waals surface area contributed by atoms with Crippen LogP contribution < -0.4 is 5.32 Å². The van der Waals surface area contributed by atoms with E-state index in [-0.39, 0.29) is 19.6 Å². The highest BCUT2D eigenvalue weighted by Crippen LogP contribution is 2.19. The maximum absolute atomic E-state index is 12.7. The Kier molecular flexibility index (Phi) is 10.3. The average Bonchev–Trinajstić information content (AvgIpc) is 2.68. The molecule has 0 saturated heterocycles. The van der Waals surface area contributed by atoms with Crippen molar-refractivity contribution in [1.29, 1.82) is 0 Å². The number of alkyl carbamates (subject to hydrolysis) is 1. The smallest absolute Gasteiger partial charge is 0.408 e. The van der Waals surface area contributed by atoms with Crippen LogP contribution in [-0.4, -0.2) is 45.9 Å². The number of hydrogen-bond acceptors (Lipinski definition) is 6. The number of carbonyl (C=O) groups is 3. The summed E-state index contributed by atoms with van der Waals surface area (Å²) in [5, 5.41) is 2.46. The molecule has 0 unspecified atom stereocenters. The second kappa shape index (κ2) is 12.2. The minimum atomic E-state index is -1.39. The lowest BCUT2D eigenvalue weighted by molar-refractivity contribution is -0.156. The van der Waals surface area contributed by atoms with Crippen molar-refractivity contribution in [3.8, 4) is 0 Å². The van der Waals surface area contributed by atoms with Crippen molar-refractivity contribution in [3.05, 3.63) is 48.0 Å². The maximum atomic E-state index is 12.7. The Morgan fingerprint density at radius 1 is 1.07 bits per heavy atom. The Labute approximate surface area is 179 Å². The van der Waals surface area contributed by atoms with Gasteiger partial charge in [-0.3, -0.25) is 4.79 Å². The fourth-order valence-corrected chi connectivity index (χ4v) is 3.33. The molecule has 0 heterocycles. The second-order valence-electron chi connectivity index (χ2n) is 8.45. The summed E-state index contributed by atoms with van der Waals surface area (Å²) in [5.41, 5.74) is 1.47. The van der Waals surface area contributed by atoms with Gasteiger partial charge in [0.15, 0.2) is 0 Å². The molecule has 0 aliphatic heterocycles. The first kappa shape index (κ1) is 25.4. The number of methoxy groups -OCH3 is 1. The van der Waals surface area contributed by atoms with Gasteiger partial charge in [0.1, 0.15) is 12.6 Å². The van der Waals surface area contributed by atoms with Crippen LogP contribution >= 0.6 is 0 Å². The third-order valence-corrected chi connectivity index (χ3v) is 6.02. The van der Waals surface area contributed by atoms with Gasteiger partial charge in [-0.25, -0.2) is 9.59 Å². The van der Waals surface area contributed by atoms with Gasteiger partial charge in [-0.05, 0) is 25.0 Å². The van der Waals surface area contributed by atoms with Crippen LogP contribution in [0, 0.1) is 5.92 Å². The third-order valence-electron chi connectivity index (χ3n) is 4.31. The molecule has 166 valence electrons. The molecule has 1 rings (SSSR count). The Morgan fingerprint density at radius 2 is 1.70 bits per heavy atom. The number of amides is 1. The minimum Gasteiger partial charge on any atom is -0.467 e. The highest BCUT2D eigenvalue weighted by atomic mass is 28.3. The Hall–Kier alpha value is -2.61. The summed E-state index contributed by atoms with van der Waals surface area (Å²) in [6.07, 6.45) is -0.652. The second-order valence-corrected chi connectivity index (χ2v) is 14.1. The van der Waals surface area contributed by atoms with Crippen molar-refractivity contribution in [2.75, 3.05) is 13.7 Å². The van der Waals surface area contributed by atoms with Gasteiger partial charge in [-0.15, -0.1) is 6.58 Å². The van der Waals surface area contributed by atoms with E-state index in [1.54, 1.807) is 6.92 Å². The van der Waals surface area contributed by atoms with E-state index in [2.05, 4.69) is 31.5 Å². The molecule has 1 amide bonds. The van der Waals surface area contributed by atoms with Crippen LogP contribution in [0.4, 0.5) is 4.79 Å². The van der Waals surface area contributed by atoms with Gasteiger partial charge in [0.05, 0.1) is 19.6 Å². The molecule has 0 radical (unpaired) electrons. The SMILES string of the molecule is C=C(C)C[C@@H](C(=O)OCC[Si](C)(C)C)[C@H](NC(=O)OCc1ccccc1)C(=O)OC. The summed E-state index contributed by atoms with van der Waals surface area (Å²) in [6, 6.07) is 8.69. The number of rotatable bonds is 11. The van der Waals surface area contributed by atoms with Crippen molar-refractivity contribution < 1.29 is 28.6 Å². The summed E-state index contributed by atoms with van der Waals surface area (Å²) >= 11 is 0. The monoisotopic (exact) mass is 435 g/mol. The van der Waals surface area contributed by atoms with Crippen LogP contribution in [0.5, 0.6) is 0 Å². The molecule has 8 heteroatoms. The molecule has 0 bridgehead atoms. The lowest BCUT2D eigenvalue weighted by Gasteiger charge is -2.25. The molecule has 0 fully saturated rings. The van der Waals surface area contributed by atoms with Gasteiger partial charge < -0.3 is 19.5 Å². The van der Waals surface area contributed by atoms with Crippen molar-refractivity contribution in [2.24, 2.45) is 5.92 Å². The van der Waals surface area contributed by atoms with Crippen LogP contribution in [0.15, 0.2) is 42.5 Å². The zero-order valence-corrected chi connectivity index (χ0v) is 19.5. The molecule has 1 aromatic rings. The van der Waals surface area contributed by atoms with Gasteiger partial charge in [0.2, 0.25) is 0 Å². The van der Waals surface area contributed by atoms with Crippen molar-refractivity contribution in [3.63, 3.8) is 0 Å². The zero-order chi connectivity index (χ0) is 22.7. The normalized spacial score (nSPS) is 13.0. The number of hydrogen-bond donors (Lipinski definition) is 1. The molecule has 30 heavy (non-hydrogen) atoms. The van der Waals surface area contributed by atoms with E-state index in [0.29, 0.717) is 5.57 Å². The van der Waals surface area contributed by atoms with Crippen LogP contribution in [0.1, 0.15) is 18.9 Å². The van der Waals surface area contributed by atoms with Crippen LogP contribution in [-0.2, 0) is 30.4 Å². The van der Waals surface area contributed by atoms with E-state index in [1.165, 1.54) is 7.11 Å². The van der Waals surface area contributed by atoms with Crippen LogP contribution in [0.2, 0.25) is 25.7 Å². The first-order valence-electron chi connectivity index (χ1n) is 9.89. The molecule has 0 saturated carbocycles. The predicted octanol–water partition coefficient (Wildman–Crippen LogP) is 3.92. The fraction of sp³-hybridized carbons (Fsp3) is 0.500. The van der Waals surface area contributed by atoms with E-state index in [1.807, 2.05) is 30.3 Å². The maximum Gasteiger partial charge on any atom is 0.408 e. The molecular weight excluding hydrogens is 402 g/mol. The summed E-state index contributed by atoms with van der Waals surface area (Å²) in [6.45, 7) is 12.4. The van der Waals surface area contributed by atoms with Gasteiger partial charge in [-0.1, -0.05) is 55.5 Å². The van der Waals surface area contributed by atoms with Gasteiger partial charge in [0, 0.05) is 8.07 Å². The van der Waals surface area contributed by atoms with Crippen LogP contribution in [0.25, 0.3) is 0 Å². The standard InChI is InChI=1S/C22H33NO6Si/c1-16(2)14-18(20(24)28-12-13-30(4,5)6)19(21(25)27-3)23-22(26)29-15-17-10-8-7-9-11-17/h7-11,18-19H,1,12-15H2,2-6H3,(H,23,26)/t18-,19+/m1/s1. The predicted molar refractivity (Wildman–Crippen MR) is 118 cm³/mol. The number of nitrogens with one attached hydrogen (secondary N) is 1. The number of esters is 2. The summed E-state index contributed by atoms with van der Waals surface area (Å²) in [7, 11) is -0.197. The number of allylic oxidation sites excluding steroid dienone is 1. The fourth-order valence-electron chi connectivity index (χ4n) is 2.62. The Bertz CT molecular complexity index is 729. The number of benzene rings is 1. The van der Waals surface area contributed by atoms with Gasteiger partial charge >= 0.3 is 18.0 Å². The van der Waals surface area contributed by atoms with E-state index >= 15 is 0 Å². The van der Waals surface area contributed by atoms with E-state index in [0.717, 1.165) is 11.6 Å². The minimum absolute atomic E-state index is 0.0341. The lowest BCUT2D eigenvalue weighted by Crippen LogP contribution is -2.49. The quantitative estimate of drug-likeness (QED) is 0.245. The largest absolute Gasteiger partial charge is 0.467 e. The first-order chi connectivity index (χ1) is 14.0. The van der Waals surface area contributed by atoms with Crippen molar-refractivity contribution >= 4 is 26.1 Å². The Balaban J connectivity index is 2.86. The van der Waals surface area contributed by atoms with E-state index in [9.17, 15) is 14.4 Å². The molecule has 7 nitrogen and oxygen atoms in total. The van der Waals surface area contributed by atoms with E-state index in [4.69, 9.17) is 14.2 Å². The molecule has 1 N–H and O–H groups in total. The highest BCUT2D eigenvalue weighted by Gasteiger charge is 2.37. The molecule has 1 aromatic carbocycles. The summed E-state index contributed by atoms with van der Waals surface area (Å²) in [4.78, 5) is 37.4. The Morgan fingerprint density at radius 3 is 2.23 bits per heavy atom. The average molecular weight is 436 g/mol. The molecule has 2 atom stereocenters. The molecular formula is C22H33NO6Si. The van der Waals surface area contributed by atoms with Crippen LogP contribution in [0.3, 0.4) is 0 Å². The zero-order valence-electron chi connectivity index (χ0n) is 18.5. The summed E-state index contributed by atoms with van der Waals surface area (Å²) in [5.74, 6) is -2.28. The third kappa shape index (κ3) is 9.73. The highest BCUT2D eigenvalue weighted by molar-refractivity contribution is 6.76. The molecule has 0 aliphatic carbocycles. The van der Waals surface area contributed by atoms with Gasteiger partial charge in [0.25, 0.3) is 0 Å². The number of carbonyl (C=O) groups excluding carboxylic acids is 3. The topological polar surface area (TPSA) is 90.9 Å². The first-order valence-corrected chi connectivity index (χ1v) is 13.6. The molecule has 0 aromatic heterocycles. The van der Waals surface area contributed by atoms with Crippen molar-refractivity contribution in [1.82, 2.24) is 5.32 Å². The van der Waals surface area contributed by atoms with Gasteiger partial charge in [-0.2, -0.15) is 0 Å². The lowest BCUT2D eigenvalue weighted by atomic mass is 9.93. The molecule has 0 aliphatic rings. The molecule has 0 spiro atoms. The van der Waals surface area contributed by atoms with Crippen molar-refractivity contribution in [2.45, 2.75) is 51.7 Å².